The lowest BCUT2D eigenvalue weighted by Crippen LogP contribution is -2.33. The summed E-state index contributed by atoms with van der Waals surface area (Å²) in [6, 6.07) is 9.61. The number of ether oxygens (including phenoxy) is 1. The number of benzene rings is 1. The van der Waals surface area contributed by atoms with Crippen molar-refractivity contribution in [2.45, 2.75) is 6.42 Å². The summed E-state index contributed by atoms with van der Waals surface area (Å²) in [5.74, 6) is 1.34. The van der Waals surface area contributed by atoms with E-state index in [1.54, 1.807) is 14.2 Å². The molecule has 0 radical (unpaired) electrons. The topological polar surface area (TPSA) is 82.0 Å². The molecule has 0 unspecified atom stereocenters. The SMILES string of the molecule is CNC(=S)NCCCNc1nc2ccc(OC)cc2cc1C#N. The van der Waals surface area contributed by atoms with Crippen LogP contribution in [0.25, 0.3) is 10.9 Å². The lowest BCUT2D eigenvalue weighted by molar-refractivity contribution is 0.415. The van der Waals surface area contributed by atoms with Crippen LogP contribution in [0.4, 0.5) is 5.82 Å². The molecule has 0 saturated heterocycles. The van der Waals surface area contributed by atoms with Crippen LogP contribution in [-0.2, 0) is 0 Å². The number of pyridine rings is 1. The van der Waals surface area contributed by atoms with Crippen LogP contribution < -0.4 is 20.7 Å². The molecular weight excluding hydrogens is 310 g/mol. The first kappa shape index (κ1) is 16.8. The summed E-state index contributed by atoms with van der Waals surface area (Å²) in [7, 11) is 3.39. The Bertz CT molecular complexity index is 741. The van der Waals surface area contributed by atoms with Gasteiger partial charge in [0, 0.05) is 25.5 Å². The fourth-order valence-electron chi connectivity index (χ4n) is 2.09. The molecule has 6 nitrogen and oxygen atoms in total. The Morgan fingerprint density at radius 3 is 2.87 bits per heavy atom. The zero-order valence-electron chi connectivity index (χ0n) is 13.1. The standard InChI is InChI=1S/C16H19N5OS/c1-18-16(23)20-7-3-6-19-15-12(10-17)8-11-9-13(22-2)4-5-14(11)21-15/h4-5,8-9H,3,6-7H2,1-2H3,(H,19,21)(H2,18,20,23). The van der Waals surface area contributed by atoms with Gasteiger partial charge < -0.3 is 20.7 Å². The van der Waals surface area contributed by atoms with Crippen molar-refractivity contribution in [2.75, 3.05) is 32.6 Å². The highest BCUT2D eigenvalue weighted by atomic mass is 32.1. The van der Waals surface area contributed by atoms with Crippen LogP contribution in [0.5, 0.6) is 5.75 Å². The van der Waals surface area contributed by atoms with Crippen LogP contribution >= 0.6 is 12.2 Å². The molecule has 23 heavy (non-hydrogen) atoms. The number of rotatable bonds is 6. The first-order valence-corrected chi connectivity index (χ1v) is 7.67. The van der Waals surface area contributed by atoms with Crippen molar-refractivity contribution in [3.63, 3.8) is 0 Å². The average Bonchev–Trinajstić information content (AvgIpc) is 2.59. The summed E-state index contributed by atoms with van der Waals surface area (Å²) in [4.78, 5) is 4.52. The highest BCUT2D eigenvalue weighted by Gasteiger charge is 2.07. The third-order valence-electron chi connectivity index (χ3n) is 3.30. The lowest BCUT2D eigenvalue weighted by atomic mass is 10.1. The number of nitriles is 1. The number of hydrogen-bond acceptors (Lipinski definition) is 5. The monoisotopic (exact) mass is 329 g/mol. The maximum Gasteiger partial charge on any atom is 0.166 e. The zero-order valence-corrected chi connectivity index (χ0v) is 14.0. The Kier molecular flexibility index (Phi) is 5.94. The second kappa shape index (κ2) is 8.15. The lowest BCUT2D eigenvalue weighted by Gasteiger charge is -2.10. The fraction of sp³-hybridized carbons (Fsp3) is 0.312. The van der Waals surface area contributed by atoms with Gasteiger partial charge in [-0.15, -0.1) is 0 Å². The van der Waals surface area contributed by atoms with Crippen LogP contribution in [0.3, 0.4) is 0 Å². The van der Waals surface area contributed by atoms with Crippen LogP contribution in [0, 0.1) is 11.3 Å². The van der Waals surface area contributed by atoms with Gasteiger partial charge in [0.15, 0.2) is 5.11 Å². The summed E-state index contributed by atoms with van der Waals surface area (Å²) in [6.07, 6.45) is 0.856. The van der Waals surface area contributed by atoms with Crippen molar-refractivity contribution >= 4 is 34.1 Å². The zero-order chi connectivity index (χ0) is 16.7. The van der Waals surface area contributed by atoms with E-state index >= 15 is 0 Å². The van der Waals surface area contributed by atoms with Gasteiger partial charge in [0.1, 0.15) is 17.6 Å². The molecule has 0 saturated carbocycles. The molecule has 0 spiro atoms. The highest BCUT2D eigenvalue weighted by Crippen LogP contribution is 2.23. The summed E-state index contributed by atoms with van der Waals surface area (Å²) >= 11 is 5.00. The summed E-state index contributed by atoms with van der Waals surface area (Å²) < 4.78 is 5.20. The molecule has 0 atom stereocenters. The van der Waals surface area contributed by atoms with E-state index in [1.807, 2.05) is 24.3 Å². The minimum atomic E-state index is 0.518. The normalized spacial score (nSPS) is 9.96. The maximum absolute atomic E-state index is 9.31. The van der Waals surface area contributed by atoms with Crippen molar-refractivity contribution in [1.29, 1.82) is 5.26 Å². The van der Waals surface area contributed by atoms with Gasteiger partial charge in [-0.1, -0.05) is 0 Å². The summed E-state index contributed by atoms with van der Waals surface area (Å²) in [6.45, 7) is 1.45. The quantitative estimate of drug-likeness (QED) is 0.552. The van der Waals surface area contributed by atoms with Crippen LogP contribution in [-0.4, -0.2) is 37.3 Å². The molecule has 0 aliphatic rings. The minimum Gasteiger partial charge on any atom is -0.497 e. The molecule has 0 fully saturated rings. The smallest absolute Gasteiger partial charge is 0.166 e. The third kappa shape index (κ3) is 4.44. The van der Waals surface area contributed by atoms with E-state index in [2.05, 4.69) is 27.0 Å². The first-order valence-electron chi connectivity index (χ1n) is 7.26. The van der Waals surface area contributed by atoms with E-state index in [1.165, 1.54) is 0 Å². The van der Waals surface area contributed by atoms with E-state index in [-0.39, 0.29) is 0 Å². The second-order valence-corrected chi connectivity index (χ2v) is 5.25. The molecule has 2 rings (SSSR count). The van der Waals surface area contributed by atoms with Gasteiger partial charge in [-0.2, -0.15) is 5.26 Å². The summed E-state index contributed by atoms with van der Waals surface area (Å²) in [5, 5.41) is 20.0. The van der Waals surface area contributed by atoms with Crippen molar-refractivity contribution < 1.29 is 4.74 Å². The Morgan fingerprint density at radius 2 is 2.17 bits per heavy atom. The molecule has 120 valence electrons. The molecule has 1 aromatic heterocycles. The molecule has 1 heterocycles. The van der Waals surface area contributed by atoms with Crippen molar-refractivity contribution in [3.8, 4) is 11.8 Å². The largest absolute Gasteiger partial charge is 0.497 e. The van der Waals surface area contributed by atoms with Crippen LogP contribution in [0.15, 0.2) is 24.3 Å². The number of aromatic nitrogens is 1. The molecular formula is C16H19N5OS. The van der Waals surface area contributed by atoms with Gasteiger partial charge in [-0.3, -0.25) is 0 Å². The number of nitrogens with zero attached hydrogens (tertiary/aromatic N) is 2. The maximum atomic E-state index is 9.31. The van der Waals surface area contributed by atoms with E-state index < -0.39 is 0 Å². The summed E-state index contributed by atoms with van der Waals surface area (Å²) in [5.41, 5.74) is 1.34. The van der Waals surface area contributed by atoms with Crippen LogP contribution in [0.2, 0.25) is 0 Å². The Balaban J connectivity index is 2.05. The van der Waals surface area contributed by atoms with Crippen molar-refractivity contribution in [3.05, 3.63) is 29.8 Å². The van der Waals surface area contributed by atoms with Gasteiger partial charge in [0.05, 0.1) is 18.2 Å². The predicted molar refractivity (Wildman–Crippen MR) is 95.8 cm³/mol. The van der Waals surface area contributed by atoms with Gasteiger partial charge >= 0.3 is 0 Å². The van der Waals surface area contributed by atoms with E-state index in [0.717, 1.165) is 29.6 Å². The van der Waals surface area contributed by atoms with Crippen LogP contribution in [0.1, 0.15) is 12.0 Å². The predicted octanol–water partition coefficient (Wildman–Crippen LogP) is 2.01. The number of fused-ring (bicyclic) bond motifs is 1. The molecule has 0 amide bonds. The number of thiocarbonyl (C=S) groups is 1. The minimum absolute atomic E-state index is 0.518. The fourth-order valence-corrected chi connectivity index (χ4v) is 2.19. The first-order chi connectivity index (χ1) is 11.2. The average molecular weight is 329 g/mol. The van der Waals surface area contributed by atoms with Crippen molar-refractivity contribution in [1.82, 2.24) is 15.6 Å². The van der Waals surface area contributed by atoms with Gasteiger partial charge in [-0.05, 0) is 42.9 Å². The Labute approximate surface area is 140 Å². The van der Waals surface area contributed by atoms with Gasteiger partial charge in [0.2, 0.25) is 0 Å². The van der Waals surface area contributed by atoms with E-state index in [9.17, 15) is 5.26 Å². The molecule has 2 aromatic rings. The number of nitrogens with one attached hydrogen (secondary N) is 3. The van der Waals surface area contributed by atoms with E-state index in [4.69, 9.17) is 17.0 Å². The van der Waals surface area contributed by atoms with E-state index in [0.29, 0.717) is 23.0 Å². The number of hydrogen-bond donors (Lipinski definition) is 3. The molecule has 1 aromatic carbocycles. The molecule has 0 aliphatic heterocycles. The highest BCUT2D eigenvalue weighted by molar-refractivity contribution is 7.80. The number of anilines is 1. The second-order valence-electron chi connectivity index (χ2n) is 4.84. The van der Waals surface area contributed by atoms with Crippen molar-refractivity contribution in [2.24, 2.45) is 0 Å². The molecule has 0 bridgehead atoms. The third-order valence-corrected chi connectivity index (χ3v) is 3.65. The van der Waals surface area contributed by atoms with Gasteiger partial charge in [0.25, 0.3) is 0 Å². The molecule has 7 heteroatoms. The Hall–Kier alpha value is -2.59. The van der Waals surface area contributed by atoms with Gasteiger partial charge in [-0.25, -0.2) is 4.98 Å². The molecule has 3 N–H and O–H groups in total. The Morgan fingerprint density at radius 1 is 1.35 bits per heavy atom. The molecule has 0 aliphatic carbocycles. The number of methoxy groups -OCH3 is 1.